The van der Waals surface area contributed by atoms with Crippen molar-refractivity contribution in [1.82, 2.24) is 4.90 Å². The fraction of sp³-hybridized carbons (Fsp3) is 0.167. The summed E-state index contributed by atoms with van der Waals surface area (Å²) in [5.41, 5.74) is 0.195. The molecule has 27 heavy (non-hydrogen) atoms. The molecule has 0 saturated heterocycles. The van der Waals surface area contributed by atoms with Gasteiger partial charge in [-0.3, -0.25) is 24.6 Å². The topological polar surface area (TPSA) is 116 Å². The van der Waals surface area contributed by atoms with Crippen LogP contribution in [0.15, 0.2) is 42.5 Å². The quantitative estimate of drug-likeness (QED) is 0.331. The van der Waals surface area contributed by atoms with Crippen LogP contribution < -0.4 is 4.74 Å². The Morgan fingerprint density at radius 1 is 1.11 bits per heavy atom. The Balaban J connectivity index is 1.67. The first kappa shape index (κ1) is 18.1. The van der Waals surface area contributed by atoms with Crippen LogP contribution in [0.3, 0.4) is 0 Å². The van der Waals surface area contributed by atoms with Crippen LogP contribution in [0.4, 0.5) is 5.69 Å². The molecule has 138 valence electrons. The molecule has 3 rings (SSSR count). The number of benzene rings is 2. The van der Waals surface area contributed by atoms with Gasteiger partial charge in [-0.05, 0) is 18.2 Å². The molecule has 2 amide bonds. The molecule has 9 heteroatoms. The van der Waals surface area contributed by atoms with E-state index in [0.717, 1.165) is 11.0 Å². The van der Waals surface area contributed by atoms with Crippen LogP contribution in [0, 0.1) is 10.1 Å². The van der Waals surface area contributed by atoms with Crippen LogP contribution in [-0.4, -0.2) is 47.9 Å². The molecule has 0 atom stereocenters. The molecule has 9 nitrogen and oxygen atoms in total. The van der Waals surface area contributed by atoms with Crippen LogP contribution in [0.5, 0.6) is 5.75 Å². The highest BCUT2D eigenvalue weighted by molar-refractivity contribution is 6.21. The lowest BCUT2D eigenvalue weighted by Crippen LogP contribution is -2.33. The molecule has 0 radical (unpaired) electrons. The van der Waals surface area contributed by atoms with Crippen LogP contribution in [0.1, 0.15) is 31.1 Å². The Hall–Kier alpha value is -3.75. The van der Waals surface area contributed by atoms with Gasteiger partial charge in [-0.2, -0.15) is 0 Å². The number of esters is 1. The van der Waals surface area contributed by atoms with Gasteiger partial charge >= 0.3 is 5.97 Å². The Morgan fingerprint density at radius 3 is 2.30 bits per heavy atom. The number of ether oxygens (including phenoxy) is 2. The normalized spacial score (nSPS) is 12.7. The maximum atomic E-state index is 12.2. The van der Waals surface area contributed by atoms with Gasteiger partial charge in [-0.15, -0.1) is 0 Å². The molecule has 1 aliphatic heterocycles. The van der Waals surface area contributed by atoms with E-state index in [4.69, 9.17) is 9.47 Å². The fourth-order valence-electron chi connectivity index (χ4n) is 2.72. The predicted molar refractivity (Wildman–Crippen MR) is 91.7 cm³/mol. The number of nitro benzene ring substituents is 1. The molecule has 2 aromatic rings. The Bertz CT molecular complexity index is 919. The number of amides is 2. The van der Waals surface area contributed by atoms with Crippen molar-refractivity contribution in [3.05, 3.63) is 69.3 Å². The average molecular weight is 370 g/mol. The maximum absolute atomic E-state index is 12.2. The first-order valence-corrected chi connectivity index (χ1v) is 7.89. The maximum Gasteiger partial charge on any atom is 0.342 e. The Kier molecular flexibility index (Phi) is 4.84. The zero-order valence-electron chi connectivity index (χ0n) is 14.2. The molecule has 0 fully saturated rings. The van der Waals surface area contributed by atoms with E-state index in [-0.39, 0.29) is 30.2 Å². The van der Waals surface area contributed by atoms with E-state index in [9.17, 15) is 24.5 Å². The zero-order valence-corrected chi connectivity index (χ0v) is 14.2. The van der Waals surface area contributed by atoms with Crippen molar-refractivity contribution < 1.29 is 28.8 Å². The molecular formula is C18H14N2O7. The highest BCUT2D eigenvalue weighted by Gasteiger charge is 2.35. The number of hydrogen-bond donors (Lipinski definition) is 0. The Morgan fingerprint density at radius 2 is 1.74 bits per heavy atom. The monoisotopic (exact) mass is 370 g/mol. The van der Waals surface area contributed by atoms with Crippen LogP contribution >= 0.6 is 0 Å². The second-order valence-corrected chi connectivity index (χ2v) is 5.59. The standard InChI is InChI=1S/C18H14N2O7/c1-26-15-7-6-11(20(24)25)10-14(15)18(23)27-9-8-19-16(21)12-4-2-3-5-13(12)17(19)22/h2-7,10H,8-9H2,1H3. The number of hydrogen-bond acceptors (Lipinski definition) is 7. The summed E-state index contributed by atoms with van der Waals surface area (Å²) in [5.74, 6) is -1.65. The van der Waals surface area contributed by atoms with Gasteiger partial charge in [0, 0.05) is 12.1 Å². The SMILES string of the molecule is COc1ccc([N+](=O)[O-])cc1C(=O)OCCN1C(=O)c2ccccc2C1=O. The molecule has 0 aliphatic carbocycles. The van der Waals surface area contributed by atoms with E-state index in [1.807, 2.05) is 0 Å². The first-order chi connectivity index (χ1) is 12.9. The number of fused-ring (bicyclic) bond motifs is 1. The van der Waals surface area contributed by atoms with E-state index < -0.39 is 22.7 Å². The lowest BCUT2D eigenvalue weighted by Gasteiger charge is -2.14. The number of carbonyl (C=O) groups is 3. The number of rotatable bonds is 6. The first-order valence-electron chi connectivity index (χ1n) is 7.89. The molecule has 0 N–H and O–H groups in total. The van der Waals surface area contributed by atoms with Crippen molar-refractivity contribution >= 4 is 23.5 Å². The van der Waals surface area contributed by atoms with Crippen molar-refractivity contribution in [3.63, 3.8) is 0 Å². The molecular weight excluding hydrogens is 356 g/mol. The second kappa shape index (κ2) is 7.24. The predicted octanol–water partition coefficient (Wildman–Crippen LogP) is 2.06. The minimum atomic E-state index is -0.854. The van der Waals surface area contributed by atoms with Gasteiger partial charge < -0.3 is 9.47 Å². The number of imide groups is 1. The van der Waals surface area contributed by atoms with Gasteiger partial charge in [-0.25, -0.2) is 4.79 Å². The largest absolute Gasteiger partial charge is 0.496 e. The van der Waals surface area contributed by atoms with Gasteiger partial charge in [0.1, 0.15) is 17.9 Å². The van der Waals surface area contributed by atoms with Crippen molar-refractivity contribution in [2.45, 2.75) is 0 Å². The van der Waals surface area contributed by atoms with Gasteiger partial charge in [0.15, 0.2) is 0 Å². The fourth-order valence-corrected chi connectivity index (χ4v) is 2.72. The molecule has 0 saturated carbocycles. The van der Waals surface area contributed by atoms with E-state index in [0.29, 0.717) is 11.1 Å². The van der Waals surface area contributed by atoms with E-state index in [1.54, 1.807) is 24.3 Å². The summed E-state index contributed by atoms with van der Waals surface area (Å²) in [6, 6.07) is 9.95. The summed E-state index contributed by atoms with van der Waals surface area (Å²) in [6.07, 6.45) is 0. The third kappa shape index (κ3) is 3.34. The summed E-state index contributed by atoms with van der Waals surface area (Å²) < 4.78 is 10.1. The number of carbonyl (C=O) groups excluding carboxylic acids is 3. The van der Waals surface area contributed by atoms with Crippen LogP contribution in [0.2, 0.25) is 0 Å². The lowest BCUT2D eigenvalue weighted by atomic mass is 10.1. The third-order valence-electron chi connectivity index (χ3n) is 4.04. The van der Waals surface area contributed by atoms with Gasteiger partial charge in [0.25, 0.3) is 17.5 Å². The van der Waals surface area contributed by atoms with E-state index in [1.165, 1.54) is 19.2 Å². The van der Waals surface area contributed by atoms with E-state index in [2.05, 4.69) is 0 Å². The summed E-state index contributed by atoms with van der Waals surface area (Å²) in [6.45, 7) is -0.383. The lowest BCUT2D eigenvalue weighted by molar-refractivity contribution is -0.384. The number of nitro groups is 1. The van der Waals surface area contributed by atoms with Gasteiger partial charge in [0.2, 0.25) is 0 Å². The van der Waals surface area contributed by atoms with Crippen molar-refractivity contribution in [1.29, 1.82) is 0 Å². The van der Waals surface area contributed by atoms with Crippen LogP contribution in [-0.2, 0) is 4.74 Å². The molecule has 1 heterocycles. The van der Waals surface area contributed by atoms with Crippen molar-refractivity contribution in [2.75, 3.05) is 20.3 Å². The third-order valence-corrected chi connectivity index (χ3v) is 4.04. The molecule has 2 aromatic carbocycles. The smallest absolute Gasteiger partial charge is 0.342 e. The molecule has 0 bridgehead atoms. The zero-order chi connectivity index (χ0) is 19.6. The molecule has 0 aromatic heterocycles. The summed E-state index contributed by atoms with van der Waals surface area (Å²) in [4.78, 5) is 47.9. The molecule has 0 spiro atoms. The average Bonchev–Trinajstić information content (AvgIpc) is 2.92. The number of nitrogens with zero attached hydrogens (tertiary/aromatic N) is 2. The Labute approximate surface area is 153 Å². The number of methoxy groups -OCH3 is 1. The molecule has 0 unspecified atom stereocenters. The minimum absolute atomic E-state index is 0.117. The van der Waals surface area contributed by atoms with Crippen molar-refractivity contribution in [3.8, 4) is 5.75 Å². The summed E-state index contributed by atoms with van der Waals surface area (Å²) in [7, 11) is 1.32. The highest BCUT2D eigenvalue weighted by Crippen LogP contribution is 2.25. The van der Waals surface area contributed by atoms with Gasteiger partial charge in [-0.1, -0.05) is 12.1 Å². The van der Waals surface area contributed by atoms with Gasteiger partial charge in [0.05, 0.1) is 29.7 Å². The number of non-ortho nitro benzene ring substituents is 1. The van der Waals surface area contributed by atoms with E-state index >= 15 is 0 Å². The highest BCUT2D eigenvalue weighted by atomic mass is 16.6. The van der Waals surface area contributed by atoms with Crippen molar-refractivity contribution in [2.24, 2.45) is 0 Å². The van der Waals surface area contributed by atoms with Crippen LogP contribution in [0.25, 0.3) is 0 Å². The molecule has 1 aliphatic rings. The second-order valence-electron chi connectivity index (χ2n) is 5.59. The minimum Gasteiger partial charge on any atom is -0.496 e. The summed E-state index contributed by atoms with van der Waals surface area (Å²) in [5, 5.41) is 10.9. The summed E-state index contributed by atoms with van der Waals surface area (Å²) >= 11 is 0.